The van der Waals surface area contributed by atoms with Crippen LogP contribution in [0.25, 0.3) is 0 Å². The fourth-order valence-electron chi connectivity index (χ4n) is 4.97. The third-order valence-corrected chi connectivity index (χ3v) is 6.43. The number of aromatic nitrogens is 1. The number of benzene rings is 2. The molecule has 2 atom stereocenters. The van der Waals surface area contributed by atoms with E-state index in [0.29, 0.717) is 39.3 Å². The Morgan fingerprint density at radius 3 is 2.66 bits per heavy atom. The summed E-state index contributed by atoms with van der Waals surface area (Å²) in [6.45, 7) is 3.29. The van der Waals surface area contributed by atoms with Gasteiger partial charge >= 0.3 is 0 Å². The molecule has 0 radical (unpaired) electrons. The van der Waals surface area contributed by atoms with Gasteiger partial charge in [-0.25, -0.2) is 4.39 Å². The molecule has 1 aromatic heterocycles. The number of ether oxygens (including phenoxy) is 1. The fourth-order valence-corrected chi connectivity index (χ4v) is 4.97. The number of nitrogens with zero attached hydrogens (tertiary/aromatic N) is 3. The molecule has 6 heteroatoms. The molecule has 32 heavy (non-hydrogen) atoms. The Hall–Kier alpha value is -3.09. The van der Waals surface area contributed by atoms with Crippen LogP contribution in [0.15, 0.2) is 79.1 Å². The minimum atomic E-state index is -0.969. The predicted molar refractivity (Wildman–Crippen MR) is 119 cm³/mol. The monoisotopic (exact) mass is 431 g/mol. The third-order valence-electron chi connectivity index (χ3n) is 6.43. The van der Waals surface area contributed by atoms with Crippen molar-refractivity contribution in [2.24, 2.45) is 0 Å². The first kappa shape index (κ1) is 20.8. The molecule has 2 aromatic carbocycles. The Morgan fingerprint density at radius 1 is 1.03 bits per heavy atom. The zero-order chi connectivity index (χ0) is 22.0. The normalized spacial score (nSPS) is 23.7. The maximum absolute atomic E-state index is 13.9. The van der Waals surface area contributed by atoms with E-state index in [2.05, 4.69) is 9.88 Å². The highest BCUT2D eigenvalue weighted by Crippen LogP contribution is 2.42. The lowest BCUT2D eigenvalue weighted by Gasteiger charge is -2.42. The highest BCUT2D eigenvalue weighted by atomic mass is 19.1. The van der Waals surface area contributed by atoms with Crippen LogP contribution in [-0.2, 0) is 22.6 Å². The summed E-state index contributed by atoms with van der Waals surface area (Å²) in [6.07, 6.45) is 3.56. The van der Waals surface area contributed by atoms with Crippen molar-refractivity contribution in [2.45, 2.75) is 24.6 Å². The van der Waals surface area contributed by atoms with Crippen LogP contribution in [0.1, 0.15) is 22.6 Å². The molecule has 5 rings (SSSR count). The summed E-state index contributed by atoms with van der Waals surface area (Å²) in [5, 5.41) is 0. The van der Waals surface area contributed by atoms with Gasteiger partial charge in [0.1, 0.15) is 5.82 Å². The smallest absolute Gasteiger partial charge is 0.257 e. The lowest BCUT2D eigenvalue weighted by Crippen LogP contribution is -2.59. The van der Waals surface area contributed by atoms with Crippen molar-refractivity contribution in [3.05, 3.63) is 102 Å². The van der Waals surface area contributed by atoms with Gasteiger partial charge in [0.25, 0.3) is 5.91 Å². The maximum Gasteiger partial charge on any atom is 0.257 e. The average molecular weight is 432 g/mol. The van der Waals surface area contributed by atoms with Crippen LogP contribution < -0.4 is 0 Å². The van der Waals surface area contributed by atoms with Crippen LogP contribution >= 0.6 is 0 Å². The van der Waals surface area contributed by atoms with E-state index < -0.39 is 5.60 Å². The summed E-state index contributed by atoms with van der Waals surface area (Å²) in [7, 11) is 0. The van der Waals surface area contributed by atoms with E-state index in [1.165, 1.54) is 6.07 Å². The summed E-state index contributed by atoms with van der Waals surface area (Å²) in [5.74, 6) is -0.377. The van der Waals surface area contributed by atoms with Crippen LogP contribution in [-0.4, -0.2) is 52.5 Å². The van der Waals surface area contributed by atoms with Gasteiger partial charge in [-0.1, -0.05) is 48.5 Å². The third kappa shape index (κ3) is 4.04. The summed E-state index contributed by atoms with van der Waals surface area (Å²) in [5.41, 5.74) is 2.01. The molecule has 0 saturated carbocycles. The van der Waals surface area contributed by atoms with Crippen LogP contribution in [0.5, 0.6) is 0 Å². The minimum Gasteiger partial charge on any atom is -0.361 e. The molecule has 2 aliphatic heterocycles. The quantitative estimate of drug-likeness (QED) is 0.619. The second kappa shape index (κ2) is 8.81. The Kier molecular flexibility index (Phi) is 5.72. The van der Waals surface area contributed by atoms with Gasteiger partial charge in [0, 0.05) is 51.0 Å². The van der Waals surface area contributed by atoms with Gasteiger partial charge in [-0.3, -0.25) is 14.7 Å². The number of carbonyl (C=O) groups is 1. The molecule has 1 amide bonds. The molecule has 0 bridgehead atoms. The number of likely N-dealkylation sites (tertiary alicyclic amines) is 1. The molecule has 1 spiro atoms. The molecule has 5 nitrogen and oxygen atoms in total. The molecular formula is C26H26FN3O2. The molecule has 2 saturated heterocycles. The highest BCUT2D eigenvalue weighted by Gasteiger charge is 2.56. The van der Waals surface area contributed by atoms with E-state index in [1.54, 1.807) is 18.3 Å². The molecule has 0 N–H and O–H groups in total. The largest absolute Gasteiger partial charge is 0.361 e. The fraction of sp³-hybridized carbons (Fsp3) is 0.308. The van der Waals surface area contributed by atoms with E-state index in [0.717, 1.165) is 16.7 Å². The van der Waals surface area contributed by atoms with Crippen molar-refractivity contribution in [1.82, 2.24) is 14.8 Å². The molecule has 164 valence electrons. The first-order chi connectivity index (χ1) is 15.6. The van der Waals surface area contributed by atoms with Gasteiger partial charge in [0.2, 0.25) is 0 Å². The topological polar surface area (TPSA) is 45.7 Å². The zero-order valence-corrected chi connectivity index (χ0v) is 17.9. The van der Waals surface area contributed by atoms with Crippen molar-refractivity contribution in [2.75, 3.05) is 26.2 Å². The van der Waals surface area contributed by atoms with Gasteiger partial charge in [-0.15, -0.1) is 0 Å². The lowest BCUT2D eigenvalue weighted by molar-refractivity contribution is -0.173. The molecule has 0 aliphatic carbocycles. The average Bonchev–Trinajstić information content (AvgIpc) is 3.17. The molecule has 2 aliphatic rings. The van der Waals surface area contributed by atoms with Crippen LogP contribution in [0.4, 0.5) is 4.39 Å². The number of amides is 1. The second-order valence-corrected chi connectivity index (χ2v) is 8.59. The maximum atomic E-state index is 13.9. The summed E-state index contributed by atoms with van der Waals surface area (Å²) in [6, 6.07) is 20.6. The summed E-state index contributed by atoms with van der Waals surface area (Å²) in [4.78, 5) is 22.3. The Labute approximate surface area is 187 Å². The van der Waals surface area contributed by atoms with Crippen molar-refractivity contribution in [1.29, 1.82) is 0 Å². The molecular weight excluding hydrogens is 405 g/mol. The Morgan fingerprint density at radius 2 is 1.88 bits per heavy atom. The molecule has 3 heterocycles. The number of hydrogen-bond donors (Lipinski definition) is 0. The first-order valence-electron chi connectivity index (χ1n) is 11.0. The minimum absolute atomic E-state index is 0.0169. The second-order valence-electron chi connectivity index (χ2n) is 8.59. The van der Waals surface area contributed by atoms with Crippen molar-refractivity contribution < 1.29 is 13.9 Å². The number of rotatable bonds is 5. The Balaban J connectivity index is 1.45. The molecule has 0 unspecified atom stereocenters. The first-order valence-corrected chi connectivity index (χ1v) is 11.0. The van der Waals surface area contributed by atoms with Crippen molar-refractivity contribution >= 4 is 5.91 Å². The number of morpholine rings is 1. The summed E-state index contributed by atoms with van der Waals surface area (Å²) >= 11 is 0. The predicted octanol–water partition coefficient (Wildman–Crippen LogP) is 3.62. The van der Waals surface area contributed by atoms with Crippen LogP contribution in [0, 0.1) is 5.82 Å². The van der Waals surface area contributed by atoms with E-state index in [9.17, 15) is 9.18 Å². The zero-order valence-electron chi connectivity index (χ0n) is 17.9. The van der Waals surface area contributed by atoms with Gasteiger partial charge in [-0.2, -0.15) is 0 Å². The van der Waals surface area contributed by atoms with Crippen molar-refractivity contribution in [3.8, 4) is 0 Å². The number of halogens is 1. The Bertz CT molecular complexity index is 1080. The van der Waals surface area contributed by atoms with Crippen LogP contribution in [0.3, 0.4) is 0 Å². The van der Waals surface area contributed by atoms with E-state index in [4.69, 9.17) is 4.74 Å². The number of pyridine rings is 1. The van der Waals surface area contributed by atoms with Crippen molar-refractivity contribution in [3.63, 3.8) is 0 Å². The highest BCUT2D eigenvalue weighted by molar-refractivity contribution is 5.88. The number of carbonyl (C=O) groups excluding carboxylic acids is 1. The number of hydrogen-bond acceptors (Lipinski definition) is 4. The molecule has 2 fully saturated rings. The summed E-state index contributed by atoms with van der Waals surface area (Å²) < 4.78 is 20.1. The van der Waals surface area contributed by atoms with Gasteiger partial charge in [0.05, 0.1) is 6.61 Å². The lowest BCUT2D eigenvalue weighted by atomic mass is 9.83. The SMILES string of the molecule is O=C1N(Cc2ccccc2)CCO[C@]12CN(Cc1cccc(F)c1)C[C@@H]2c1cccnc1. The molecule has 3 aromatic rings. The van der Waals surface area contributed by atoms with E-state index >= 15 is 0 Å². The van der Waals surface area contributed by atoms with Gasteiger partial charge in [-0.05, 0) is 34.9 Å². The van der Waals surface area contributed by atoms with E-state index in [1.807, 2.05) is 59.6 Å². The van der Waals surface area contributed by atoms with E-state index in [-0.39, 0.29) is 17.6 Å². The van der Waals surface area contributed by atoms with Gasteiger partial charge in [0.15, 0.2) is 5.60 Å². The van der Waals surface area contributed by atoms with Crippen LogP contribution in [0.2, 0.25) is 0 Å². The van der Waals surface area contributed by atoms with Gasteiger partial charge < -0.3 is 9.64 Å². The standard InChI is InChI=1S/C26H26FN3O2/c27-23-10-4-8-21(14-23)16-29-18-24(22-9-5-11-28-15-22)26(19-29)25(31)30(12-13-32-26)17-20-6-2-1-3-7-20/h1-11,14-15,24H,12-13,16-19H2/t24-,26+/m1/s1.